The van der Waals surface area contributed by atoms with Gasteiger partial charge in [0.2, 0.25) is 0 Å². The lowest BCUT2D eigenvalue weighted by Gasteiger charge is -2.57. The Balaban J connectivity index is 1.55. The van der Waals surface area contributed by atoms with Gasteiger partial charge in [-0.3, -0.25) is 9.59 Å². The molecule has 5 rings (SSSR count). The summed E-state index contributed by atoms with van der Waals surface area (Å²) in [4.78, 5) is 49.8. The highest BCUT2D eigenvalue weighted by atomic mass is 16.5. The molecule has 0 amide bonds. The third-order valence-electron chi connectivity index (χ3n) is 10.6. The van der Waals surface area contributed by atoms with Crippen LogP contribution < -0.4 is 0 Å². The molecule has 0 aromatic rings. The molecule has 3 saturated carbocycles. The molecule has 8 heteroatoms. The number of esters is 4. The molecule has 0 unspecified atom stereocenters. The number of carbonyl (C=O) groups excluding carboxylic acids is 4. The first-order chi connectivity index (χ1) is 18.4. The fourth-order valence-corrected chi connectivity index (χ4v) is 9.10. The molecule has 0 aromatic carbocycles. The first-order valence-electron chi connectivity index (χ1n) is 14.1. The molecule has 8 nitrogen and oxygen atoms in total. The Labute approximate surface area is 230 Å². The van der Waals surface area contributed by atoms with E-state index in [-0.39, 0.29) is 46.7 Å². The van der Waals surface area contributed by atoms with Crippen molar-refractivity contribution < 1.29 is 38.1 Å². The van der Waals surface area contributed by atoms with Crippen LogP contribution in [0.3, 0.4) is 0 Å². The Morgan fingerprint density at radius 3 is 2.23 bits per heavy atom. The number of fused-ring (bicyclic) bond motifs is 7. The SMILES string of the molecule is COC(=O)C1=C(C(=O)OC)[C@H]2C[C@H]3[C@@H]4CC=C5C[C@H](OC(C)=O)CC[C@]5(C)[C@H]4CC[C@]3(C)C2=C(OC(C)=O)C1. The van der Waals surface area contributed by atoms with Gasteiger partial charge in [0.25, 0.3) is 0 Å². The van der Waals surface area contributed by atoms with Gasteiger partial charge in [-0.05, 0) is 72.7 Å². The Kier molecular flexibility index (Phi) is 7.04. The van der Waals surface area contributed by atoms with Crippen LogP contribution in [0.4, 0.5) is 0 Å². The lowest BCUT2D eigenvalue weighted by Crippen LogP contribution is -2.50. The highest BCUT2D eigenvalue weighted by Gasteiger charge is 2.62. The molecule has 7 atom stereocenters. The van der Waals surface area contributed by atoms with Crippen LogP contribution in [0.2, 0.25) is 0 Å². The van der Waals surface area contributed by atoms with Crippen molar-refractivity contribution in [3.63, 3.8) is 0 Å². The number of rotatable bonds is 4. The van der Waals surface area contributed by atoms with Crippen LogP contribution in [-0.4, -0.2) is 44.2 Å². The Bertz CT molecular complexity index is 1210. The predicted octanol–water partition coefficient (Wildman–Crippen LogP) is 4.97. The number of hydrogen-bond acceptors (Lipinski definition) is 8. The molecule has 0 bridgehead atoms. The Morgan fingerprint density at radius 1 is 0.897 bits per heavy atom. The van der Waals surface area contributed by atoms with Crippen molar-refractivity contribution in [3.8, 4) is 0 Å². The normalized spacial score (nSPS) is 37.0. The van der Waals surface area contributed by atoms with Gasteiger partial charge in [0.05, 0.1) is 25.4 Å². The van der Waals surface area contributed by atoms with Crippen LogP contribution in [0.1, 0.15) is 79.1 Å². The third kappa shape index (κ3) is 4.34. The van der Waals surface area contributed by atoms with Crippen LogP contribution >= 0.6 is 0 Å². The molecule has 5 aliphatic rings. The predicted molar refractivity (Wildman–Crippen MR) is 141 cm³/mol. The number of allylic oxidation sites excluding steroid dienone is 3. The molecule has 0 saturated heterocycles. The maximum absolute atomic E-state index is 13.1. The number of methoxy groups -OCH3 is 2. The van der Waals surface area contributed by atoms with E-state index in [4.69, 9.17) is 18.9 Å². The van der Waals surface area contributed by atoms with Crippen LogP contribution in [0.5, 0.6) is 0 Å². The summed E-state index contributed by atoms with van der Waals surface area (Å²) in [5, 5.41) is 0. The Hall–Kier alpha value is -2.90. The number of ether oxygens (including phenoxy) is 4. The average molecular weight is 541 g/mol. The highest BCUT2D eigenvalue weighted by Crippen LogP contribution is 2.69. The van der Waals surface area contributed by atoms with E-state index in [1.807, 2.05) is 0 Å². The van der Waals surface area contributed by atoms with Crippen molar-refractivity contribution in [3.05, 3.63) is 34.1 Å². The van der Waals surface area contributed by atoms with Gasteiger partial charge < -0.3 is 18.9 Å². The van der Waals surface area contributed by atoms with Crippen LogP contribution in [-0.2, 0) is 38.1 Å². The molecule has 0 spiro atoms. The minimum absolute atomic E-state index is 0.0399. The lowest BCUT2D eigenvalue weighted by molar-refractivity contribution is -0.148. The summed E-state index contributed by atoms with van der Waals surface area (Å²) in [6, 6.07) is 0. The summed E-state index contributed by atoms with van der Waals surface area (Å²) in [7, 11) is 2.62. The second-order valence-corrected chi connectivity index (χ2v) is 12.5. The van der Waals surface area contributed by atoms with Crippen molar-refractivity contribution in [2.24, 2.45) is 34.5 Å². The van der Waals surface area contributed by atoms with Gasteiger partial charge in [-0.15, -0.1) is 0 Å². The molecule has 212 valence electrons. The zero-order chi connectivity index (χ0) is 28.3. The largest absolute Gasteiger partial charge is 0.466 e. The monoisotopic (exact) mass is 540 g/mol. The molecule has 0 radical (unpaired) electrons. The summed E-state index contributed by atoms with van der Waals surface area (Å²) < 4.78 is 21.6. The van der Waals surface area contributed by atoms with Crippen molar-refractivity contribution in [2.45, 2.75) is 85.2 Å². The van der Waals surface area contributed by atoms with Gasteiger partial charge >= 0.3 is 23.9 Å². The molecular weight excluding hydrogens is 500 g/mol. The fourth-order valence-electron chi connectivity index (χ4n) is 9.10. The van der Waals surface area contributed by atoms with E-state index in [9.17, 15) is 19.2 Å². The minimum Gasteiger partial charge on any atom is -0.466 e. The van der Waals surface area contributed by atoms with Crippen molar-refractivity contribution in [2.75, 3.05) is 14.2 Å². The van der Waals surface area contributed by atoms with Crippen molar-refractivity contribution >= 4 is 23.9 Å². The van der Waals surface area contributed by atoms with Crippen LogP contribution in [0.15, 0.2) is 34.1 Å². The summed E-state index contributed by atoms with van der Waals surface area (Å²) in [6.07, 6.45) is 8.55. The third-order valence-corrected chi connectivity index (χ3v) is 10.6. The smallest absolute Gasteiger partial charge is 0.334 e. The van der Waals surface area contributed by atoms with Crippen LogP contribution in [0, 0.1) is 34.5 Å². The second kappa shape index (κ2) is 9.93. The van der Waals surface area contributed by atoms with Gasteiger partial charge in [-0.1, -0.05) is 25.5 Å². The van der Waals surface area contributed by atoms with E-state index in [0.717, 1.165) is 44.1 Å². The standard InChI is InChI=1S/C31H40O8/c1-16(32)38-19-9-11-30(3)18(13-19)7-8-20-23(30)10-12-31(4)24(20)14-21-26(29(35)37-6)22(28(34)36-5)15-25(27(21)31)39-17(2)33/h7,19-21,23-24H,8-15H2,1-6H3/t19-,20-,21-,23+,24+,30+,31+/m1/s1. The maximum Gasteiger partial charge on any atom is 0.334 e. The topological polar surface area (TPSA) is 105 Å². The molecule has 5 aliphatic carbocycles. The minimum atomic E-state index is -0.598. The van der Waals surface area contributed by atoms with E-state index in [0.29, 0.717) is 29.6 Å². The van der Waals surface area contributed by atoms with Gasteiger partial charge in [0.15, 0.2) is 0 Å². The molecule has 0 N–H and O–H groups in total. The van der Waals surface area contributed by atoms with E-state index < -0.39 is 17.9 Å². The van der Waals surface area contributed by atoms with Crippen molar-refractivity contribution in [1.29, 1.82) is 0 Å². The average Bonchev–Trinajstić information content (AvgIpc) is 3.20. The zero-order valence-corrected chi connectivity index (χ0v) is 23.9. The molecular formula is C31H40O8. The first-order valence-corrected chi connectivity index (χ1v) is 14.1. The Morgan fingerprint density at radius 2 is 1.59 bits per heavy atom. The van der Waals surface area contributed by atoms with Gasteiger partial charge in [0.1, 0.15) is 11.9 Å². The van der Waals surface area contributed by atoms with Gasteiger partial charge in [-0.2, -0.15) is 0 Å². The summed E-state index contributed by atoms with van der Waals surface area (Å²) in [5.41, 5.74) is 2.72. The fraction of sp³-hybridized carbons (Fsp3) is 0.677. The first kappa shape index (κ1) is 27.7. The van der Waals surface area contributed by atoms with E-state index in [1.165, 1.54) is 33.6 Å². The summed E-state index contributed by atoms with van der Waals surface area (Å²) in [6.45, 7) is 7.47. The zero-order valence-electron chi connectivity index (χ0n) is 23.9. The lowest BCUT2D eigenvalue weighted by atomic mass is 9.47. The number of hydrogen-bond donors (Lipinski definition) is 0. The van der Waals surface area contributed by atoms with Crippen LogP contribution in [0.25, 0.3) is 0 Å². The van der Waals surface area contributed by atoms with Gasteiger partial charge in [0, 0.05) is 32.6 Å². The van der Waals surface area contributed by atoms with Gasteiger partial charge in [-0.25, -0.2) is 9.59 Å². The summed E-state index contributed by atoms with van der Waals surface area (Å²) in [5.74, 6) is -0.552. The molecule has 3 fully saturated rings. The number of carbonyl (C=O) groups is 4. The molecule has 0 heterocycles. The molecule has 0 aliphatic heterocycles. The van der Waals surface area contributed by atoms with E-state index in [2.05, 4.69) is 19.9 Å². The van der Waals surface area contributed by atoms with Crippen molar-refractivity contribution in [1.82, 2.24) is 0 Å². The summed E-state index contributed by atoms with van der Waals surface area (Å²) >= 11 is 0. The quantitative estimate of drug-likeness (QED) is 0.280. The molecule has 0 aromatic heterocycles. The van der Waals surface area contributed by atoms with E-state index >= 15 is 0 Å². The molecule has 39 heavy (non-hydrogen) atoms. The maximum atomic E-state index is 13.1. The van der Waals surface area contributed by atoms with E-state index in [1.54, 1.807) is 0 Å². The highest BCUT2D eigenvalue weighted by molar-refractivity contribution is 6.02. The second-order valence-electron chi connectivity index (χ2n) is 12.5.